The number of hydrogen-bond acceptors (Lipinski definition) is 0. The van der Waals surface area contributed by atoms with Crippen molar-refractivity contribution < 1.29 is 21.7 Å². The van der Waals surface area contributed by atoms with Crippen LogP contribution in [0, 0.1) is 12.8 Å². The van der Waals surface area contributed by atoms with Crippen LogP contribution < -0.4 is 0 Å². The molecule has 0 amide bonds. The zero-order chi connectivity index (χ0) is 5.41. The Labute approximate surface area is 62.6 Å². The molecule has 0 nitrogen and oxygen atoms in total. The van der Waals surface area contributed by atoms with Crippen LogP contribution >= 0.6 is 0 Å². The van der Waals surface area contributed by atoms with Gasteiger partial charge in [0.05, 0.1) is 0 Å². The summed E-state index contributed by atoms with van der Waals surface area (Å²) in [7, 11) is 0. The zero-order valence-corrected chi connectivity index (χ0v) is 7.22. The third kappa shape index (κ3) is 292. The van der Waals surface area contributed by atoms with Crippen molar-refractivity contribution in [1.82, 2.24) is 0 Å². The molecule has 0 rings (SSSR count). The monoisotopic (exact) mass is 134 g/mol. The maximum Gasteiger partial charge on any atom is 4.00 e. The summed E-state index contributed by atoms with van der Waals surface area (Å²) in [6.45, 7) is 8.00. The van der Waals surface area contributed by atoms with Gasteiger partial charge in [-0.2, -0.15) is 27.7 Å². The molecule has 0 N–H and O–H groups in total. The van der Waals surface area contributed by atoms with Crippen LogP contribution in [0.3, 0.4) is 0 Å². The van der Waals surface area contributed by atoms with E-state index in [0.29, 0.717) is 0 Å². The molecule has 0 radical (unpaired) electrons. The first-order chi connectivity index (χ1) is 2.83. The maximum atomic E-state index is 2.00. The molecule has 7 heavy (non-hydrogen) atoms. The standard InChI is InChI=1S/2C3H7.Ti/c2*1-3-2;/h2*3H,1-2H3;/q2*-1;+4. The molecule has 0 bridgehead atoms. The predicted octanol–water partition coefficient (Wildman–Crippen LogP) is 2.46. The fourth-order valence-electron chi connectivity index (χ4n) is 0. The van der Waals surface area contributed by atoms with Crippen molar-refractivity contribution in [2.75, 3.05) is 0 Å². The van der Waals surface area contributed by atoms with Crippen molar-refractivity contribution in [3.05, 3.63) is 12.8 Å². The van der Waals surface area contributed by atoms with Gasteiger partial charge in [0.15, 0.2) is 0 Å². The summed E-state index contributed by atoms with van der Waals surface area (Å²) < 4.78 is 0. The van der Waals surface area contributed by atoms with Crippen molar-refractivity contribution in [3.8, 4) is 0 Å². The van der Waals surface area contributed by atoms with Crippen molar-refractivity contribution >= 4 is 0 Å². The van der Waals surface area contributed by atoms with Crippen LogP contribution in [-0.4, -0.2) is 0 Å². The van der Waals surface area contributed by atoms with Gasteiger partial charge >= 0.3 is 21.7 Å². The third-order valence-corrected chi connectivity index (χ3v) is 0. The zero-order valence-electron chi connectivity index (χ0n) is 5.65. The van der Waals surface area contributed by atoms with E-state index < -0.39 is 0 Å². The van der Waals surface area contributed by atoms with Crippen LogP contribution in [0.15, 0.2) is 0 Å². The normalized spacial score (nSPS) is 5.14. The number of rotatable bonds is 0. The van der Waals surface area contributed by atoms with Crippen molar-refractivity contribution in [2.24, 2.45) is 0 Å². The Balaban J connectivity index is -0.0000000400. The molecule has 40 valence electrons. The maximum absolute atomic E-state index is 2.00. The molecule has 0 saturated carbocycles. The summed E-state index contributed by atoms with van der Waals surface area (Å²) >= 11 is 0. The second-order valence-corrected chi connectivity index (χ2v) is 1.15. The molecule has 1 heteroatoms. The van der Waals surface area contributed by atoms with Crippen LogP contribution in [0.1, 0.15) is 27.7 Å². The Kier molecular flexibility index (Phi) is 66.5. The van der Waals surface area contributed by atoms with E-state index in [2.05, 4.69) is 0 Å². The van der Waals surface area contributed by atoms with Gasteiger partial charge in [-0.15, -0.1) is 0 Å². The van der Waals surface area contributed by atoms with Gasteiger partial charge in [0.1, 0.15) is 0 Å². The van der Waals surface area contributed by atoms with E-state index >= 15 is 0 Å². The largest absolute Gasteiger partial charge is 4.00 e. The van der Waals surface area contributed by atoms with Crippen LogP contribution in [0.2, 0.25) is 0 Å². The summed E-state index contributed by atoms with van der Waals surface area (Å²) in [6, 6.07) is 0. The molecule has 0 fully saturated rings. The molecule has 0 aromatic heterocycles. The van der Waals surface area contributed by atoms with Crippen molar-refractivity contribution in [2.45, 2.75) is 27.7 Å². The molecule has 0 heterocycles. The van der Waals surface area contributed by atoms with Gasteiger partial charge in [-0.1, -0.05) is 0 Å². The van der Waals surface area contributed by atoms with E-state index in [1.165, 1.54) is 0 Å². The summed E-state index contributed by atoms with van der Waals surface area (Å²) in [5.41, 5.74) is 0. The van der Waals surface area contributed by atoms with Gasteiger partial charge in [-0.05, 0) is 0 Å². The van der Waals surface area contributed by atoms with E-state index in [0.717, 1.165) is 0 Å². The summed E-state index contributed by atoms with van der Waals surface area (Å²) in [4.78, 5) is 0. The average molecular weight is 134 g/mol. The first kappa shape index (κ1) is 15.6. The molecule has 0 saturated heterocycles. The van der Waals surface area contributed by atoms with Crippen LogP contribution in [0.4, 0.5) is 0 Å². The van der Waals surface area contributed by atoms with E-state index in [1.807, 2.05) is 40.5 Å². The molecule has 0 aromatic rings. The molecular weight excluding hydrogens is 120 g/mol. The van der Waals surface area contributed by atoms with Crippen LogP contribution in [0.25, 0.3) is 0 Å². The van der Waals surface area contributed by atoms with Crippen LogP contribution in [-0.2, 0) is 21.7 Å². The molecule has 0 spiro atoms. The van der Waals surface area contributed by atoms with Crippen molar-refractivity contribution in [1.29, 1.82) is 0 Å². The fraction of sp³-hybridized carbons (Fsp3) is 0.667. The molecule has 0 aliphatic rings. The minimum atomic E-state index is 0. The van der Waals surface area contributed by atoms with Crippen molar-refractivity contribution in [3.63, 3.8) is 0 Å². The Morgan fingerprint density at radius 3 is 0.714 bits per heavy atom. The minimum Gasteiger partial charge on any atom is -0.335 e. The van der Waals surface area contributed by atoms with E-state index in [4.69, 9.17) is 0 Å². The molecule has 0 aliphatic carbocycles. The summed E-state index contributed by atoms with van der Waals surface area (Å²) in [5, 5.41) is 0. The molecule has 0 unspecified atom stereocenters. The Morgan fingerprint density at radius 1 is 0.714 bits per heavy atom. The molecule has 0 aliphatic heterocycles. The Hall–Kier alpha value is 0.714. The smallest absolute Gasteiger partial charge is 0.335 e. The van der Waals surface area contributed by atoms with Gasteiger partial charge in [-0.3, -0.25) is 0 Å². The van der Waals surface area contributed by atoms with Gasteiger partial charge in [-0.25, -0.2) is 0 Å². The second-order valence-electron chi connectivity index (χ2n) is 1.15. The van der Waals surface area contributed by atoms with E-state index in [9.17, 15) is 0 Å². The topological polar surface area (TPSA) is 0 Å². The SMILES string of the molecule is C[CH-]C.C[CH-]C.[Ti+4]. The molecule has 0 aromatic carbocycles. The van der Waals surface area contributed by atoms with Gasteiger partial charge in [0.2, 0.25) is 0 Å². The summed E-state index contributed by atoms with van der Waals surface area (Å²) in [5.74, 6) is 0. The Morgan fingerprint density at radius 2 is 0.714 bits per heavy atom. The average Bonchev–Trinajstić information content (AvgIpc) is 1.39. The number of hydrogen-bond donors (Lipinski definition) is 0. The first-order valence-corrected chi connectivity index (χ1v) is 2.31. The Bertz CT molecular complexity index is 6.14. The van der Waals surface area contributed by atoms with Gasteiger partial charge in [0.25, 0.3) is 0 Å². The predicted molar refractivity (Wildman–Crippen MR) is 31.3 cm³/mol. The quantitative estimate of drug-likeness (QED) is 0.352. The van der Waals surface area contributed by atoms with E-state index in [1.54, 1.807) is 0 Å². The van der Waals surface area contributed by atoms with Gasteiger partial charge in [0, 0.05) is 0 Å². The first-order valence-electron chi connectivity index (χ1n) is 2.31. The summed E-state index contributed by atoms with van der Waals surface area (Å²) in [6.07, 6.45) is 4.00. The van der Waals surface area contributed by atoms with Crippen LogP contribution in [0.5, 0.6) is 0 Å². The van der Waals surface area contributed by atoms with E-state index in [-0.39, 0.29) is 21.7 Å². The molecule has 0 atom stereocenters. The fourth-order valence-corrected chi connectivity index (χ4v) is 0. The molecular formula is C6H14Ti+2. The third-order valence-electron chi connectivity index (χ3n) is 0. The second kappa shape index (κ2) is 29.8. The minimum absolute atomic E-state index is 0. The van der Waals surface area contributed by atoms with Gasteiger partial charge < -0.3 is 12.8 Å².